The largest absolute Gasteiger partial charge is 0.482 e. The van der Waals surface area contributed by atoms with Crippen molar-refractivity contribution >= 4 is 35.0 Å². The van der Waals surface area contributed by atoms with E-state index in [-0.39, 0.29) is 12.4 Å². The van der Waals surface area contributed by atoms with Crippen LogP contribution in [0.5, 0.6) is 5.75 Å². The van der Waals surface area contributed by atoms with Crippen molar-refractivity contribution in [3.05, 3.63) is 63.6 Å². The third-order valence-corrected chi connectivity index (χ3v) is 4.20. The maximum absolute atomic E-state index is 12.3. The molecule has 2 aromatic carbocycles. The van der Waals surface area contributed by atoms with E-state index in [2.05, 4.69) is 0 Å². The van der Waals surface area contributed by atoms with E-state index >= 15 is 0 Å². The van der Waals surface area contributed by atoms with Crippen LogP contribution in [0.1, 0.15) is 29.3 Å². The molecule has 25 heavy (non-hydrogen) atoms. The van der Waals surface area contributed by atoms with Gasteiger partial charge in [-0.25, -0.2) is 4.79 Å². The Balaban J connectivity index is 1.87. The van der Waals surface area contributed by atoms with Crippen molar-refractivity contribution in [2.24, 2.45) is 0 Å². The number of carbonyl (C=O) groups is 2. The fourth-order valence-electron chi connectivity index (χ4n) is 2.18. The first-order chi connectivity index (χ1) is 12.0. The Morgan fingerprint density at radius 1 is 1.00 bits per heavy atom. The van der Waals surface area contributed by atoms with Crippen LogP contribution in [0.3, 0.4) is 0 Å². The summed E-state index contributed by atoms with van der Waals surface area (Å²) in [6.07, 6.45) is 0.942. The average Bonchev–Trinajstić information content (AvgIpc) is 2.61. The molecule has 0 radical (unpaired) electrons. The molecule has 2 rings (SSSR count). The second kappa shape index (κ2) is 9.44. The zero-order valence-electron chi connectivity index (χ0n) is 13.8. The standard InChI is InChI=1S/C19H18Cl2O4/c1-2-24-19(23)12-25-15-7-5-14(6-8-15)18(22)10-4-13-3-9-16(20)17(21)11-13/h3,5-9,11H,2,4,10,12H2,1H3. The van der Waals surface area contributed by atoms with Gasteiger partial charge < -0.3 is 9.47 Å². The highest BCUT2D eigenvalue weighted by atomic mass is 35.5. The number of aryl methyl sites for hydroxylation is 1. The van der Waals surface area contributed by atoms with Gasteiger partial charge >= 0.3 is 5.97 Å². The topological polar surface area (TPSA) is 52.6 Å². The molecule has 0 amide bonds. The van der Waals surface area contributed by atoms with Gasteiger partial charge in [0.25, 0.3) is 0 Å². The van der Waals surface area contributed by atoms with Gasteiger partial charge in [-0.2, -0.15) is 0 Å². The highest BCUT2D eigenvalue weighted by Gasteiger charge is 2.08. The van der Waals surface area contributed by atoms with Crippen molar-refractivity contribution in [1.29, 1.82) is 0 Å². The second-order valence-electron chi connectivity index (χ2n) is 5.29. The summed E-state index contributed by atoms with van der Waals surface area (Å²) >= 11 is 11.8. The molecule has 0 aromatic heterocycles. The summed E-state index contributed by atoms with van der Waals surface area (Å²) < 4.78 is 10.1. The number of Topliss-reactive ketones (excluding diaryl/α,β-unsaturated/α-hetero) is 1. The number of carbonyl (C=O) groups excluding carboxylic acids is 2. The molecule has 0 fully saturated rings. The number of hydrogen-bond acceptors (Lipinski definition) is 4. The molecule has 0 N–H and O–H groups in total. The average molecular weight is 381 g/mol. The van der Waals surface area contributed by atoms with E-state index < -0.39 is 5.97 Å². The minimum Gasteiger partial charge on any atom is -0.482 e. The van der Waals surface area contributed by atoms with Crippen molar-refractivity contribution < 1.29 is 19.1 Å². The molecular weight excluding hydrogens is 363 g/mol. The Hall–Kier alpha value is -2.04. The molecule has 0 atom stereocenters. The van der Waals surface area contributed by atoms with Gasteiger partial charge in [0.2, 0.25) is 0 Å². The van der Waals surface area contributed by atoms with Crippen LogP contribution >= 0.6 is 23.2 Å². The lowest BCUT2D eigenvalue weighted by atomic mass is 10.0. The second-order valence-corrected chi connectivity index (χ2v) is 6.10. The number of hydrogen-bond donors (Lipinski definition) is 0. The van der Waals surface area contributed by atoms with E-state index in [9.17, 15) is 9.59 Å². The van der Waals surface area contributed by atoms with Crippen LogP contribution in [-0.2, 0) is 16.0 Å². The quantitative estimate of drug-likeness (QED) is 0.489. The number of rotatable bonds is 8. The van der Waals surface area contributed by atoms with E-state index in [0.717, 1.165) is 5.56 Å². The van der Waals surface area contributed by atoms with Crippen LogP contribution in [0.2, 0.25) is 10.0 Å². The fourth-order valence-corrected chi connectivity index (χ4v) is 2.50. The lowest BCUT2D eigenvalue weighted by Crippen LogP contribution is -2.14. The number of ketones is 1. The molecule has 2 aromatic rings. The maximum Gasteiger partial charge on any atom is 0.344 e. The molecule has 0 aliphatic rings. The smallest absolute Gasteiger partial charge is 0.344 e. The maximum atomic E-state index is 12.3. The van der Waals surface area contributed by atoms with Gasteiger partial charge in [0, 0.05) is 12.0 Å². The molecule has 0 heterocycles. The van der Waals surface area contributed by atoms with Crippen molar-refractivity contribution in [3.8, 4) is 5.75 Å². The lowest BCUT2D eigenvalue weighted by molar-refractivity contribution is -0.145. The van der Waals surface area contributed by atoms with Crippen LogP contribution in [0.25, 0.3) is 0 Å². The Morgan fingerprint density at radius 2 is 1.72 bits per heavy atom. The van der Waals surface area contributed by atoms with Crippen LogP contribution < -0.4 is 4.74 Å². The molecule has 0 aliphatic carbocycles. The Morgan fingerprint density at radius 3 is 2.36 bits per heavy atom. The zero-order valence-corrected chi connectivity index (χ0v) is 15.3. The Labute approximate surface area is 156 Å². The normalized spacial score (nSPS) is 10.4. The van der Waals surface area contributed by atoms with Crippen molar-refractivity contribution in [3.63, 3.8) is 0 Å². The molecule has 0 unspecified atom stereocenters. The molecule has 0 bridgehead atoms. The van der Waals surface area contributed by atoms with Gasteiger partial charge in [-0.1, -0.05) is 29.3 Å². The lowest BCUT2D eigenvalue weighted by Gasteiger charge is -2.07. The summed E-state index contributed by atoms with van der Waals surface area (Å²) in [6.45, 7) is 1.89. The highest BCUT2D eigenvalue weighted by molar-refractivity contribution is 6.42. The summed E-state index contributed by atoms with van der Waals surface area (Å²) in [5.41, 5.74) is 1.54. The summed E-state index contributed by atoms with van der Waals surface area (Å²) in [7, 11) is 0. The molecular formula is C19H18Cl2O4. The SMILES string of the molecule is CCOC(=O)COc1ccc(C(=O)CCc2ccc(Cl)c(Cl)c2)cc1. The Bertz CT molecular complexity index is 742. The van der Waals surface area contributed by atoms with Gasteiger partial charge in [-0.3, -0.25) is 4.79 Å². The van der Waals surface area contributed by atoms with E-state index in [4.69, 9.17) is 32.7 Å². The van der Waals surface area contributed by atoms with Crippen molar-refractivity contribution in [2.75, 3.05) is 13.2 Å². The summed E-state index contributed by atoms with van der Waals surface area (Å²) in [6, 6.07) is 12.0. The highest BCUT2D eigenvalue weighted by Crippen LogP contribution is 2.23. The summed E-state index contributed by atoms with van der Waals surface area (Å²) in [4.78, 5) is 23.5. The molecule has 132 valence electrons. The first-order valence-corrected chi connectivity index (χ1v) is 8.60. The van der Waals surface area contributed by atoms with Crippen LogP contribution in [0.4, 0.5) is 0 Å². The van der Waals surface area contributed by atoms with Crippen molar-refractivity contribution in [2.45, 2.75) is 19.8 Å². The van der Waals surface area contributed by atoms with E-state index in [1.807, 2.05) is 6.07 Å². The van der Waals surface area contributed by atoms with Crippen LogP contribution in [0, 0.1) is 0 Å². The summed E-state index contributed by atoms with van der Waals surface area (Å²) in [5.74, 6) is 0.0985. The zero-order chi connectivity index (χ0) is 18.2. The predicted molar refractivity (Wildman–Crippen MR) is 97.7 cm³/mol. The molecule has 0 saturated carbocycles. The van der Waals surface area contributed by atoms with Crippen molar-refractivity contribution in [1.82, 2.24) is 0 Å². The first-order valence-electron chi connectivity index (χ1n) is 7.85. The first kappa shape index (κ1) is 19.3. The van der Waals surface area contributed by atoms with E-state index in [1.54, 1.807) is 43.3 Å². The number of esters is 1. The number of halogens is 2. The minimum atomic E-state index is -0.427. The Kier molecular flexibility index (Phi) is 7.29. The van der Waals surface area contributed by atoms with E-state index in [0.29, 0.717) is 40.8 Å². The molecule has 0 aliphatic heterocycles. The fraction of sp³-hybridized carbons (Fsp3) is 0.263. The van der Waals surface area contributed by atoms with Gasteiger partial charge in [-0.05, 0) is 55.3 Å². The van der Waals surface area contributed by atoms with Gasteiger partial charge in [0.1, 0.15) is 5.75 Å². The molecule has 4 nitrogen and oxygen atoms in total. The van der Waals surface area contributed by atoms with Gasteiger partial charge in [-0.15, -0.1) is 0 Å². The minimum absolute atomic E-state index is 0.0167. The van der Waals surface area contributed by atoms with Crippen LogP contribution in [-0.4, -0.2) is 25.0 Å². The third kappa shape index (κ3) is 6.07. The molecule has 6 heteroatoms. The van der Waals surface area contributed by atoms with Gasteiger partial charge in [0.15, 0.2) is 12.4 Å². The summed E-state index contributed by atoms with van der Waals surface area (Å²) in [5, 5.41) is 0.977. The predicted octanol–water partition coefficient (Wildman–Crippen LogP) is 4.75. The third-order valence-electron chi connectivity index (χ3n) is 3.46. The molecule has 0 spiro atoms. The monoisotopic (exact) mass is 380 g/mol. The van der Waals surface area contributed by atoms with E-state index in [1.165, 1.54) is 0 Å². The van der Waals surface area contributed by atoms with Gasteiger partial charge in [0.05, 0.1) is 16.7 Å². The van der Waals surface area contributed by atoms with Crippen LogP contribution in [0.15, 0.2) is 42.5 Å². The number of ether oxygens (including phenoxy) is 2. The number of benzene rings is 2. The molecule has 0 saturated heterocycles.